The first-order valence-electron chi connectivity index (χ1n) is 4.49. The molecule has 3 nitrogen and oxygen atoms in total. The summed E-state index contributed by atoms with van der Waals surface area (Å²) in [4.78, 5) is 13.0. The SMILES string of the molecule is COC(=O)N1CCC(C)CC1C. The number of methoxy groups -OCH3 is 1. The van der Waals surface area contributed by atoms with Gasteiger partial charge in [-0.25, -0.2) is 4.79 Å². The van der Waals surface area contributed by atoms with Crippen LogP contribution in [0.2, 0.25) is 0 Å². The second-order valence-corrected chi connectivity index (χ2v) is 3.64. The normalized spacial score (nSPS) is 30.1. The molecule has 1 rings (SSSR count). The molecule has 1 amide bonds. The lowest BCUT2D eigenvalue weighted by Crippen LogP contribution is -2.44. The molecule has 1 aliphatic rings. The zero-order chi connectivity index (χ0) is 9.14. The first-order valence-corrected chi connectivity index (χ1v) is 4.49. The van der Waals surface area contributed by atoms with Gasteiger partial charge in [0, 0.05) is 12.6 Å². The van der Waals surface area contributed by atoms with Gasteiger partial charge in [-0.3, -0.25) is 0 Å². The number of piperidine rings is 1. The number of hydrogen-bond donors (Lipinski definition) is 0. The van der Waals surface area contributed by atoms with Crippen LogP contribution in [0.3, 0.4) is 0 Å². The maximum atomic E-state index is 11.2. The standard InChI is InChI=1S/C9H17NO2/c1-7-4-5-10(8(2)6-7)9(11)12-3/h7-8H,4-6H2,1-3H3. The van der Waals surface area contributed by atoms with E-state index in [1.165, 1.54) is 7.11 Å². The van der Waals surface area contributed by atoms with Crippen LogP contribution in [0.15, 0.2) is 0 Å². The van der Waals surface area contributed by atoms with Crippen LogP contribution in [-0.2, 0) is 4.74 Å². The Hall–Kier alpha value is -0.730. The molecular weight excluding hydrogens is 154 g/mol. The Morgan fingerprint density at radius 1 is 1.50 bits per heavy atom. The summed E-state index contributed by atoms with van der Waals surface area (Å²) in [6, 6.07) is 0.334. The molecule has 70 valence electrons. The summed E-state index contributed by atoms with van der Waals surface area (Å²) in [5.74, 6) is 0.737. The van der Waals surface area contributed by atoms with E-state index in [0.29, 0.717) is 6.04 Å². The third kappa shape index (κ3) is 1.90. The summed E-state index contributed by atoms with van der Waals surface area (Å²) in [5, 5.41) is 0. The molecule has 0 bridgehead atoms. The molecule has 2 atom stereocenters. The summed E-state index contributed by atoms with van der Waals surface area (Å²) in [6.07, 6.45) is 2.00. The van der Waals surface area contributed by atoms with E-state index in [1.807, 2.05) is 0 Å². The number of carbonyl (C=O) groups excluding carboxylic acids is 1. The van der Waals surface area contributed by atoms with Gasteiger partial charge in [-0.05, 0) is 25.7 Å². The van der Waals surface area contributed by atoms with Crippen molar-refractivity contribution in [3.8, 4) is 0 Å². The molecule has 0 spiro atoms. The fraction of sp³-hybridized carbons (Fsp3) is 0.889. The zero-order valence-corrected chi connectivity index (χ0v) is 8.04. The number of likely N-dealkylation sites (tertiary alicyclic amines) is 1. The number of carbonyl (C=O) groups is 1. The fourth-order valence-corrected chi connectivity index (χ4v) is 1.80. The minimum absolute atomic E-state index is 0.186. The number of ether oxygens (including phenoxy) is 1. The van der Waals surface area contributed by atoms with Crippen molar-refractivity contribution in [2.75, 3.05) is 13.7 Å². The van der Waals surface area contributed by atoms with Gasteiger partial charge in [-0.15, -0.1) is 0 Å². The molecule has 0 aromatic rings. The predicted octanol–water partition coefficient (Wildman–Crippen LogP) is 1.87. The van der Waals surface area contributed by atoms with Crippen LogP contribution in [-0.4, -0.2) is 30.7 Å². The van der Waals surface area contributed by atoms with Gasteiger partial charge in [0.1, 0.15) is 0 Å². The largest absolute Gasteiger partial charge is 0.453 e. The summed E-state index contributed by atoms with van der Waals surface area (Å²) in [5.41, 5.74) is 0. The van der Waals surface area contributed by atoms with Crippen molar-refractivity contribution in [2.45, 2.75) is 32.7 Å². The van der Waals surface area contributed by atoms with Gasteiger partial charge < -0.3 is 9.64 Å². The quantitative estimate of drug-likeness (QED) is 0.557. The minimum Gasteiger partial charge on any atom is -0.453 e. The predicted molar refractivity (Wildman–Crippen MR) is 47.0 cm³/mol. The molecule has 1 fully saturated rings. The smallest absolute Gasteiger partial charge is 0.409 e. The molecule has 0 saturated carbocycles. The van der Waals surface area contributed by atoms with Crippen molar-refractivity contribution < 1.29 is 9.53 Å². The summed E-state index contributed by atoms with van der Waals surface area (Å²) >= 11 is 0. The number of rotatable bonds is 0. The summed E-state index contributed by atoms with van der Waals surface area (Å²) in [7, 11) is 1.44. The van der Waals surface area contributed by atoms with Crippen LogP contribution in [0.4, 0.5) is 4.79 Å². The molecule has 0 radical (unpaired) electrons. The van der Waals surface area contributed by atoms with E-state index in [9.17, 15) is 4.79 Å². The molecule has 0 aromatic carbocycles. The van der Waals surface area contributed by atoms with E-state index in [2.05, 4.69) is 18.6 Å². The Morgan fingerprint density at radius 2 is 2.17 bits per heavy atom. The molecular formula is C9H17NO2. The number of amides is 1. The summed E-state index contributed by atoms with van der Waals surface area (Å²) < 4.78 is 4.68. The fourth-order valence-electron chi connectivity index (χ4n) is 1.80. The van der Waals surface area contributed by atoms with Gasteiger partial charge in [0.25, 0.3) is 0 Å². The van der Waals surface area contributed by atoms with E-state index in [4.69, 9.17) is 0 Å². The molecule has 1 heterocycles. The third-order valence-electron chi connectivity index (χ3n) is 2.55. The highest BCUT2D eigenvalue weighted by molar-refractivity contribution is 5.67. The molecule has 1 aliphatic heterocycles. The average molecular weight is 171 g/mol. The molecule has 1 saturated heterocycles. The van der Waals surface area contributed by atoms with E-state index in [0.717, 1.165) is 25.3 Å². The lowest BCUT2D eigenvalue weighted by atomic mass is 9.94. The van der Waals surface area contributed by atoms with Crippen molar-refractivity contribution in [3.63, 3.8) is 0 Å². The van der Waals surface area contributed by atoms with Crippen LogP contribution in [0.1, 0.15) is 26.7 Å². The van der Waals surface area contributed by atoms with E-state index >= 15 is 0 Å². The highest BCUT2D eigenvalue weighted by Gasteiger charge is 2.26. The Balaban J connectivity index is 2.50. The van der Waals surface area contributed by atoms with Gasteiger partial charge in [0.2, 0.25) is 0 Å². The third-order valence-corrected chi connectivity index (χ3v) is 2.55. The first kappa shape index (κ1) is 9.36. The number of hydrogen-bond acceptors (Lipinski definition) is 2. The Kier molecular flexibility index (Phi) is 2.95. The zero-order valence-electron chi connectivity index (χ0n) is 8.04. The van der Waals surface area contributed by atoms with Crippen molar-refractivity contribution >= 4 is 6.09 Å². The van der Waals surface area contributed by atoms with Crippen LogP contribution in [0.25, 0.3) is 0 Å². The minimum atomic E-state index is -0.186. The molecule has 0 N–H and O–H groups in total. The van der Waals surface area contributed by atoms with Crippen LogP contribution in [0.5, 0.6) is 0 Å². The lowest BCUT2D eigenvalue weighted by molar-refractivity contribution is 0.0836. The van der Waals surface area contributed by atoms with Crippen molar-refractivity contribution in [1.29, 1.82) is 0 Å². The molecule has 12 heavy (non-hydrogen) atoms. The molecule has 2 unspecified atom stereocenters. The topological polar surface area (TPSA) is 29.5 Å². The van der Waals surface area contributed by atoms with Gasteiger partial charge in [0.05, 0.1) is 7.11 Å². The summed E-state index contributed by atoms with van der Waals surface area (Å²) in [6.45, 7) is 5.15. The highest BCUT2D eigenvalue weighted by atomic mass is 16.5. The maximum Gasteiger partial charge on any atom is 0.409 e. The van der Waals surface area contributed by atoms with Gasteiger partial charge >= 0.3 is 6.09 Å². The second kappa shape index (κ2) is 3.78. The maximum absolute atomic E-state index is 11.2. The molecule has 0 aromatic heterocycles. The molecule has 0 aliphatic carbocycles. The lowest BCUT2D eigenvalue weighted by Gasteiger charge is -2.35. The van der Waals surface area contributed by atoms with Gasteiger partial charge in [-0.1, -0.05) is 6.92 Å². The van der Waals surface area contributed by atoms with Gasteiger partial charge in [0.15, 0.2) is 0 Å². The van der Waals surface area contributed by atoms with Gasteiger partial charge in [-0.2, -0.15) is 0 Å². The van der Waals surface area contributed by atoms with Crippen LogP contribution >= 0.6 is 0 Å². The highest BCUT2D eigenvalue weighted by Crippen LogP contribution is 2.22. The van der Waals surface area contributed by atoms with Crippen LogP contribution < -0.4 is 0 Å². The van der Waals surface area contributed by atoms with E-state index in [1.54, 1.807) is 4.90 Å². The molecule has 3 heteroatoms. The number of nitrogens with zero attached hydrogens (tertiary/aromatic N) is 1. The van der Waals surface area contributed by atoms with E-state index in [-0.39, 0.29) is 6.09 Å². The Labute approximate surface area is 73.7 Å². The Bertz CT molecular complexity index is 170. The monoisotopic (exact) mass is 171 g/mol. The first-order chi connectivity index (χ1) is 5.65. The Morgan fingerprint density at radius 3 is 2.67 bits per heavy atom. The second-order valence-electron chi connectivity index (χ2n) is 3.64. The van der Waals surface area contributed by atoms with Crippen molar-refractivity contribution in [2.24, 2.45) is 5.92 Å². The van der Waals surface area contributed by atoms with Crippen molar-refractivity contribution in [3.05, 3.63) is 0 Å². The van der Waals surface area contributed by atoms with Crippen LogP contribution in [0, 0.1) is 5.92 Å². The van der Waals surface area contributed by atoms with E-state index < -0.39 is 0 Å². The average Bonchev–Trinajstić information content (AvgIpc) is 2.03. The van der Waals surface area contributed by atoms with Crippen molar-refractivity contribution in [1.82, 2.24) is 4.90 Å².